The summed E-state index contributed by atoms with van der Waals surface area (Å²) in [5.41, 5.74) is 4.47. The van der Waals surface area contributed by atoms with Crippen LogP contribution in [0.1, 0.15) is 22.3 Å². The molecule has 0 fully saturated rings. The molecule has 4 rings (SSSR count). The molecule has 23 heavy (non-hydrogen) atoms. The summed E-state index contributed by atoms with van der Waals surface area (Å²) in [6, 6.07) is 16.8. The molecule has 2 aromatic rings. The van der Waals surface area contributed by atoms with Crippen LogP contribution in [0.5, 0.6) is 0 Å². The van der Waals surface area contributed by atoms with E-state index in [-0.39, 0.29) is 0 Å². The third-order valence-corrected chi connectivity index (χ3v) is 3.97. The average molecular weight is 306 g/mol. The van der Waals surface area contributed by atoms with E-state index in [4.69, 9.17) is 9.47 Å². The second kappa shape index (κ2) is 6.24. The fraction of sp³-hybridized carbons (Fsp3) is 0.263. The van der Waals surface area contributed by atoms with E-state index >= 15 is 0 Å². The smallest absolute Gasteiger partial charge is 0.217 e. The van der Waals surface area contributed by atoms with Gasteiger partial charge in [0.15, 0.2) is 0 Å². The first-order valence-electron chi connectivity index (χ1n) is 7.92. The molecule has 4 nitrogen and oxygen atoms in total. The lowest BCUT2D eigenvalue weighted by molar-refractivity contribution is 0.344. The third-order valence-electron chi connectivity index (χ3n) is 3.97. The molecule has 0 radical (unpaired) electrons. The zero-order valence-electron chi connectivity index (χ0n) is 12.9. The molecule has 0 N–H and O–H groups in total. The van der Waals surface area contributed by atoms with Gasteiger partial charge in [0.05, 0.1) is 13.1 Å². The average Bonchev–Trinajstić information content (AvgIpc) is 3.30. The van der Waals surface area contributed by atoms with E-state index in [1.165, 1.54) is 11.1 Å². The van der Waals surface area contributed by atoms with Gasteiger partial charge in [-0.05, 0) is 29.7 Å². The SMILES string of the molecule is c1ccc(Cc2ccc(C3=NCCO3)c(C3=NCCO3)c2)cc1. The van der Waals surface area contributed by atoms with Crippen LogP contribution in [0.15, 0.2) is 58.5 Å². The Hall–Kier alpha value is -2.62. The van der Waals surface area contributed by atoms with Crippen LogP contribution in [-0.4, -0.2) is 38.1 Å². The Morgan fingerprint density at radius 1 is 0.739 bits per heavy atom. The zero-order valence-corrected chi connectivity index (χ0v) is 12.9. The Labute approximate surface area is 135 Å². The van der Waals surface area contributed by atoms with Gasteiger partial charge in [-0.25, -0.2) is 9.98 Å². The van der Waals surface area contributed by atoms with Crippen LogP contribution in [-0.2, 0) is 15.9 Å². The molecule has 0 atom stereocenters. The van der Waals surface area contributed by atoms with Gasteiger partial charge in [0.1, 0.15) is 13.2 Å². The number of hydrogen-bond acceptors (Lipinski definition) is 4. The Balaban J connectivity index is 1.71. The molecule has 0 unspecified atom stereocenters. The minimum absolute atomic E-state index is 0.644. The summed E-state index contributed by atoms with van der Waals surface area (Å²) in [5, 5.41) is 0. The minimum atomic E-state index is 0.644. The number of aliphatic imine (C=N–C) groups is 2. The number of ether oxygens (including phenoxy) is 2. The molecular formula is C19H18N2O2. The molecule has 0 saturated heterocycles. The van der Waals surface area contributed by atoms with Crippen LogP contribution in [0.25, 0.3) is 0 Å². The second-order valence-electron chi connectivity index (χ2n) is 5.61. The third kappa shape index (κ3) is 2.97. The summed E-state index contributed by atoms with van der Waals surface area (Å²) in [4.78, 5) is 8.91. The number of benzene rings is 2. The summed E-state index contributed by atoms with van der Waals surface area (Å²) < 4.78 is 11.3. The summed E-state index contributed by atoms with van der Waals surface area (Å²) in [6.45, 7) is 2.72. The Morgan fingerprint density at radius 3 is 2.09 bits per heavy atom. The molecule has 0 saturated carbocycles. The highest BCUT2D eigenvalue weighted by molar-refractivity contribution is 6.08. The zero-order chi connectivity index (χ0) is 15.5. The van der Waals surface area contributed by atoms with Crippen molar-refractivity contribution in [2.45, 2.75) is 6.42 Å². The summed E-state index contributed by atoms with van der Waals surface area (Å²) in [5.74, 6) is 1.40. The maximum atomic E-state index is 5.68. The Kier molecular flexibility index (Phi) is 3.80. The summed E-state index contributed by atoms with van der Waals surface area (Å²) in [7, 11) is 0. The Morgan fingerprint density at radius 2 is 1.43 bits per heavy atom. The quantitative estimate of drug-likeness (QED) is 0.872. The van der Waals surface area contributed by atoms with Crippen LogP contribution in [0.2, 0.25) is 0 Å². The van der Waals surface area contributed by atoms with Gasteiger partial charge in [0.2, 0.25) is 11.8 Å². The second-order valence-corrected chi connectivity index (χ2v) is 5.61. The molecule has 2 aromatic carbocycles. The van der Waals surface area contributed by atoms with Crippen molar-refractivity contribution in [1.29, 1.82) is 0 Å². The van der Waals surface area contributed by atoms with Crippen molar-refractivity contribution in [3.63, 3.8) is 0 Å². The Bertz CT molecular complexity index is 766. The predicted molar refractivity (Wildman–Crippen MR) is 90.4 cm³/mol. The number of rotatable bonds is 4. The van der Waals surface area contributed by atoms with Gasteiger partial charge in [-0.1, -0.05) is 36.4 Å². The maximum absolute atomic E-state index is 5.68. The van der Waals surface area contributed by atoms with Crippen molar-refractivity contribution >= 4 is 11.8 Å². The molecule has 0 bridgehead atoms. The fourth-order valence-electron chi connectivity index (χ4n) is 2.89. The van der Waals surface area contributed by atoms with Gasteiger partial charge in [-0.15, -0.1) is 0 Å². The van der Waals surface area contributed by atoms with Crippen molar-refractivity contribution in [2.24, 2.45) is 9.98 Å². The predicted octanol–water partition coefficient (Wildman–Crippen LogP) is 2.83. The van der Waals surface area contributed by atoms with E-state index in [0.29, 0.717) is 38.1 Å². The van der Waals surface area contributed by atoms with Crippen LogP contribution >= 0.6 is 0 Å². The largest absolute Gasteiger partial charge is 0.475 e. The van der Waals surface area contributed by atoms with Gasteiger partial charge >= 0.3 is 0 Å². The van der Waals surface area contributed by atoms with Gasteiger partial charge in [-0.2, -0.15) is 0 Å². The van der Waals surface area contributed by atoms with Crippen molar-refractivity contribution in [3.8, 4) is 0 Å². The highest BCUT2D eigenvalue weighted by atomic mass is 16.5. The van der Waals surface area contributed by atoms with E-state index in [1.54, 1.807) is 0 Å². The normalized spacial score (nSPS) is 16.5. The molecule has 2 aliphatic rings. The standard InChI is InChI=1S/C19H18N2O2/c1-2-4-14(5-3-1)12-15-6-7-16(18-20-8-10-22-18)17(13-15)19-21-9-11-23-19/h1-7,13H,8-12H2. The molecule has 2 heterocycles. The summed E-state index contributed by atoms with van der Waals surface area (Å²) in [6.07, 6.45) is 0.884. The van der Waals surface area contributed by atoms with Gasteiger partial charge in [0, 0.05) is 11.1 Å². The molecule has 116 valence electrons. The van der Waals surface area contributed by atoms with Gasteiger partial charge < -0.3 is 9.47 Å². The lowest BCUT2D eigenvalue weighted by atomic mass is 9.99. The molecule has 4 heteroatoms. The number of hydrogen-bond donors (Lipinski definition) is 0. The van der Waals surface area contributed by atoms with Gasteiger partial charge in [0.25, 0.3) is 0 Å². The van der Waals surface area contributed by atoms with Crippen LogP contribution in [0.4, 0.5) is 0 Å². The molecular weight excluding hydrogens is 288 g/mol. The van der Waals surface area contributed by atoms with Crippen molar-refractivity contribution in [2.75, 3.05) is 26.3 Å². The minimum Gasteiger partial charge on any atom is -0.475 e. The highest BCUT2D eigenvalue weighted by Crippen LogP contribution is 2.21. The van der Waals surface area contributed by atoms with E-state index in [2.05, 4.69) is 52.4 Å². The van der Waals surface area contributed by atoms with Crippen LogP contribution < -0.4 is 0 Å². The topological polar surface area (TPSA) is 43.2 Å². The van der Waals surface area contributed by atoms with Crippen molar-refractivity contribution in [3.05, 3.63) is 70.8 Å². The maximum Gasteiger partial charge on any atom is 0.217 e. The summed E-state index contributed by atoms with van der Waals surface area (Å²) >= 11 is 0. The van der Waals surface area contributed by atoms with E-state index < -0.39 is 0 Å². The number of nitrogens with zero attached hydrogens (tertiary/aromatic N) is 2. The molecule has 0 aromatic heterocycles. The fourth-order valence-corrected chi connectivity index (χ4v) is 2.89. The first-order valence-corrected chi connectivity index (χ1v) is 7.92. The van der Waals surface area contributed by atoms with E-state index in [9.17, 15) is 0 Å². The monoisotopic (exact) mass is 306 g/mol. The molecule has 2 aliphatic heterocycles. The lowest BCUT2D eigenvalue weighted by Gasteiger charge is -2.12. The lowest BCUT2D eigenvalue weighted by Crippen LogP contribution is -2.12. The molecule has 0 amide bonds. The molecule has 0 spiro atoms. The first-order chi connectivity index (χ1) is 11.4. The van der Waals surface area contributed by atoms with E-state index in [0.717, 1.165) is 17.5 Å². The van der Waals surface area contributed by atoms with Gasteiger partial charge in [-0.3, -0.25) is 0 Å². The van der Waals surface area contributed by atoms with Crippen molar-refractivity contribution in [1.82, 2.24) is 0 Å². The van der Waals surface area contributed by atoms with E-state index in [1.807, 2.05) is 6.07 Å². The van der Waals surface area contributed by atoms with Crippen molar-refractivity contribution < 1.29 is 9.47 Å². The van der Waals surface area contributed by atoms with Crippen LogP contribution in [0, 0.1) is 0 Å². The molecule has 0 aliphatic carbocycles. The highest BCUT2D eigenvalue weighted by Gasteiger charge is 2.21. The van der Waals surface area contributed by atoms with Crippen LogP contribution in [0.3, 0.4) is 0 Å². The first kappa shape index (κ1) is 14.0.